The number of carbonyl (C=O) groups is 2. The Morgan fingerprint density at radius 3 is 2.76 bits per heavy atom. The number of benzene rings is 2. The largest absolute Gasteiger partial charge is 0.454 e. The van der Waals surface area contributed by atoms with Gasteiger partial charge in [0.1, 0.15) is 5.58 Å². The molecule has 0 spiro atoms. The van der Waals surface area contributed by atoms with E-state index in [2.05, 4.69) is 5.32 Å². The van der Waals surface area contributed by atoms with Crippen LogP contribution in [0.3, 0.4) is 0 Å². The molecule has 148 valence electrons. The summed E-state index contributed by atoms with van der Waals surface area (Å²) in [4.78, 5) is 36.4. The van der Waals surface area contributed by atoms with E-state index >= 15 is 0 Å². The van der Waals surface area contributed by atoms with E-state index in [1.54, 1.807) is 43.3 Å². The van der Waals surface area contributed by atoms with E-state index in [1.807, 2.05) is 6.07 Å². The van der Waals surface area contributed by atoms with Crippen LogP contribution in [0.15, 0.2) is 57.7 Å². The highest BCUT2D eigenvalue weighted by Gasteiger charge is 2.19. The first-order chi connectivity index (χ1) is 14.0. The number of esters is 1. The van der Waals surface area contributed by atoms with Crippen LogP contribution in [0.2, 0.25) is 0 Å². The van der Waals surface area contributed by atoms with Crippen molar-refractivity contribution in [3.05, 3.63) is 70.1 Å². The molecule has 0 unspecified atom stereocenters. The van der Waals surface area contributed by atoms with E-state index < -0.39 is 18.5 Å². The molecule has 8 heteroatoms. The summed E-state index contributed by atoms with van der Waals surface area (Å²) < 4.78 is 21.0. The zero-order chi connectivity index (χ0) is 20.4. The van der Waals surface area contributed by atoms with Crippen molar-refractivity contribution in [2.24, 2.45) is 0 Å². The molecule has 2 heterocycles. The lowest BCUT2D eigenvalue weighted by atomic mass is 10.1. The Morgan fingerprint density at radius 2 is 1.90 bits per heavy atom. The Balaban J connectivity index is 1.37. The number of hydrogen-bond acceptors (Lipinski definition) is 7. The second-order valence-corrected chi connectivity index (χ2v) is 6.45. The monoisotopic (exact) mass is 395 g/mol. The number of nitrogens with one attached hydrogen (secondary N) is 1. The predicted molar refractivity (Wildman–Crippen MR) is 102 cm³/mol. The van der Waals surface area contributed by atoms with Gasteiger partial charge in [0.25, 0.3) is 5.91 Å². The highest BCUT2D eigenvalue weighted by Crippen LogP contribution is 2.34. The molecule has 1 N–H and O–H groups in total. The van der Waals surface area contributed by atoms with Gasteiger partial charge in [-0.2, -0.15) is 0 Å². The predicted octanol–water partition coefficient (Wildman–Crippen LogP) is 2.56. The van der Waals surface area contributed by atoms with Crippen molar-refractivity contribution in [3.63, 3.8) is 0 Å². The molecular weight excluding hydrogens is 378 g/mol. The number of amides is 1. The third kappa shape index (κ3) is 3.91. The first-order valence-corrected chi connectivity index (χ1v) is 8.90. The van der Waals surface area contributed by atoms with Gasteiger partial charge in [-0.25, -0.2) is 4.79 Å². The van der Waals surface area contributed by atoms with Crippen LogP contribution in [0, 0.1) is 0 Å². The quantitative estimate of drug-likeness (QED) is 0.662. The molecule has 0 aliphatic carbocycles. The smallest absolute Gasteiger partial charge is 0.374 e. The fourth-order valence-corrected chi connectivity index (χ4v) is 2.96. The topological polar surface area (TPSA) is 104 Å². The van der Waals surface area contributed by atoms with Gasteiger partial charge < -0.3 is 23.9 Å². The van der Waals surface area contributed by atoms with Gasteiger partial charge >= 0.3 is 5.97 Å². The van der Waals surface area contributed by atoms with Gasteiger partial charge in [-0.05, 0) is 36.8 Å². The molecule has 0 bridgehead atoms. The summed E-state index contributed by atoms with van der Waals surface area (Å²) in [6, 6.07) is 12.6. The van der Waals surface area contributed by atoms with E-state index in [9.17, 15) is 14.4 Å². The van der Waals surface area contributed by atoms with Crippen LogP contribution in [0.1, 0.15) is 29.1 Å². The molecule has 1 amide bonds. The second-order valence-electron chi connectivity index (χ2n) is 6.45. The molecule has 0 fully saturated rings. The minimum Gasteiger partial charge on any atom is -0.454 e. The molecule has 1 atom stereocenters. The van der Waals surface area contributed by atoms with Crippen LogP contribution in [0.25, 0.3) is 11.0 Å². The van der Waals surface area contributed by atoms with Crippen molar-refractivity contribution in [1.82, 2.24) is 5.32 Å². The van der Waals surface area contributed by atoms with Gasteiger partial charge in [-0.3, -0.25) is 9.59 Å². The normalized spacial score (nSPS) is 13.1. The number of fused-ring (bicyclic) bond motifs is 2. The van der Waals surface area contributed by atoms with E-state index in [0.717, 1.165) is 11.6 Å². The Kier molecular flexibility index (Phi) is 4.90. The van der Waals surface area contributed by atoms with Crippen molar-refractivity contribution in [2.75, 3.05) is 13.4 Å². The minimum absolute atomic E-state index is 0.167. The van der Waals surface area contributed by atoms with Crippen molar-refractivity contribution in [2.45, 2.75) is 13.0 Å². The SMILES string of the molecule is C[C@H](NC(=O)COC(=O)c1cc(=O)c2ccccc2o1)c1ccc2c(c1)OCO2. The maximum atomic E-state index is 12.2. The molecule has 1 aromatic heterocycles. The molecule has 0 saturated carbocycles. The van der Waals surface area contributed by atoms with Crippen LogP contribution >= 0.6 is 0 Å². The summed E-state index contributed by atoms with van der Waals surface area (Å²) in [6.45, 7) is 1.45. The van der Waals surface area contributed by atoms with Crippen LogP contribution in [-0.2, 0) is 9.53 Å². The van der Waals surface area contributed by atoms with Crippen molar-refractivity contribution in [1.29, 1.82) is 0 Å². The number of ether oxygens (including phenoxy) is 3. The van der Waals surface area contributed by atoms with Crippen LogP contribution in [-0.4, -0.2) is 25.3 Å². The molecule has 8 nitrogen and oxygen atoms in total. The lowest BCUT2D eigenvalue weighted by Gasteiger charge is -2.14. The van der Waals surface area contributed by atoms with Gasteiger partial charge in [0, 0.05) is 6.07 Å². The summed E-state index contributed by atoms with van der Waals surface area (Å²) in [5.41, 5.74) is 0.724. The van der Waals surface area contributed by atoms with Crippen LogP contribution < -0.4 is 20.2 Å². The van der Waals surface area contributed by atoms with E-state index in [0.29, 0.717) is 16.9 Å². The second kappa shape index (κ2) is 7.67. The van der Waals surface area contributed by atoms with Crippen molar-refractivity contribution >= 4 is 22.8 Å². The fourth-order valence-electron chi connectivity index (χ4n) is 2.96. The molecule has 29 heavy (non-hydrogen) atoms. The summed E-state index contributed by atoms with van der Waals surface area (Å²) in [6.07, 6.45) is 0. The summed E-state index contributed by atoms with van der Waals surface area (Å²) >= 11 is 0. The van der Waals surface area contributed by atoms with E-state index in [1.165, 1.54) is 0 Å². The Hall–Kier alpha value is -3.81. The Bertz CT molecular complexity index is 1150. The average molecular weight is 395 g/mol. The Labute approximate surface area is 165 Å². The van der Waals surface area contributed by atoms with Crippen molar-refractivity contribution in [3.8, 4) is 11.5 Å². The Morgan fingerprint density at radius 1 is 1.10 bits per heavy atom. The molecule has 1 aliphatic heterocycles. The highest BCUT2D eigenvalue weighted by molar-refractivity contribution is 5.90. The van der Waals surface area contributed by atoms with Gasteiger partial charge in [0.2, 0.25) is 12.6 Å². The average Bonchev–Trinajstić information content (AvgIpc) is 3.19. The van der Waals surface area contributed by atoms with E-state index in [4.69, 9.17) is 18.6 Å². The standard InChI is InChI=1S/C21H17NO7/c1-12(13-6-7-17-18(8-13)28-11-27-17)22-20(24)10-26-21(25)19-9-15(23)14-4-2-3-5-16(14)29-19/h2-9,12H,10-11H2,1H3,(H,22,24)/t12-/m0/s1. The summed E-state index contributed by atoms with van der Waals surface area (Å²) in [7, 11) is 0. The molecule has 1 aliphatic rings. The first kappa shape index (κ1) is 18.5. The highest BCUT2D eigenvalue weighted by atomic mass is 16.7. The fraction of sp³-hybridized carbons (Fsp3) is 0.190. The third-order valence-electron chi connectivity index (χ3n) is 4.44. The number of carbonyl (C=O) groups excluding carboxylic acids is 2. The molecule has 0 radical (unpaired) electrons. The lowest BCUT2D eigenvalue weighted by molar-refractivity contribution is -0.124. The summed E-state index contributed by atoms with van der Waals surface area (Å²) in [5, 5.41) is 3.09. The van der Waals surface area contributed by atoms with Crippen LogP contribution in [0.4, 0.5) is 0 Å². The summed E-state index contributed by atoms with van der Waals surface area (Å²) in [5.74, 6) is -0.379. The van der Waals surface area contributed by atoms with Crippen LogP contribution in [0.5, 0.6) is 11.5 Å². The maximum Gasteiger partial charge on any atom is 0.374 e. The third-order valence-corrected chi connectivity index (χ3v) is 4.44. The van der Waals surface area contributed by atoms with Gasteiger partial charge in [-0.15, -0.1) is 0 Å². The number of rotatable bonds is 5. The molecule has 3 aromatic rings. The van der Waals surface area contributed by atoms with Crippen molar-refractivity contribution < 1.29 is 28.2 Å². The number of hydrogen-bond donors (Lipinski definition) is 1. The molecule has 4 rings (SSSR count). The number of para-hydroxylation sites is 1. The maximum absolute atomic E-state index is 12.2. The zero-order valence-corrected chi connectivity index (χ0v) is 15.5. The van der Waals surface area contributed by atoms with Gasteiger partial charge in [0.05, 0.1) is 11.4 Å². The van der Waals surface area contributed by atoms with Gasteiger partial charge in [0.15, 0.2) is 23.5 Å². The van der Waals surface area contributed by atoms with E-state index in [-0.39, 0.29) is 29.6 Å². The van der Waals surface area contributed by atoms with Gasteiger partial charge in [-0.1, -0.05) is 18.2 Å². The minimum atomic E-state index is -0.890. The molecular formula is C21H17NO7. The lowest BCUT2D eigenvalue weighted by Crippen LogP contribution is -2.31. The first-order valence-electron chi connectivity index (χ1n) is 8.90. The zero-order valence-electron chi connectivity index (χ0n) is 15.5. The molecule has 0 saturated heterocycles. The molecule has 2 aromatic carbocycles.